The summed E-state index contributed by atoms with van der Waals surface area (Å²) in [5, 5.41) is 14.4. The number of halogens is 1. The van der Waals surface area contributed by atoms with E-state index < -0.39 is 0 Å². The van der Waals surface area contributed by atoms with E-state index in [2.05, 4.69) is 28.2 Å². The first kappa shape index (κ1) is 13.3. The minimum Gasteiger partial charge on any atom is -0.381 e. The summed E-state index contributed by atoms with van der Waals surface area (Å²) in [5.74, 6) is 0.724. The first-order chi connectivity index (χ1) is 8.52. The molecule has 1 saturated carbocycles. The van der Waals surface area contributed by atoms with Crippen molar-refractivity contribution in [3.8, 4) is 0 Å². The van der Waals surface area contributed by atoms with Gasteiger partial charge in [-0.3, -0.25) is 10.1 Å². The van der Waals surface area contributed by atoms with Crippen molar-refractivity contribution in [3.63, 3.8) is 0 Å². The van der Waals surface area contributed by atoms with Gasteiger partial charge in [0.25, 0.3) is 5.69 Å². The smallest absolute Gasteiger partial charge is 0.274 e. The number of anilines is 1. The fraction of sp³-hybridized carbons (Fsp3) is 0.538. The lowest BCUT2D eigenvalue weighted by atomic mass is 10.1. The second-order valence-corrected chi connectivity index (χ2v) is 5.73. The predicted octanol–water partition coefficient (Wildman–Crippen LogP) is 4.27. The van der Waals surface area contributed by atoms with Gasteiger partial charge in [0.15, 0.2) is 0 Å². The van der Waals surface area contributed by atoms with E-state index >= 15 is 0 Å². The number of aryl methyl sites for hydroxylation is 1. The second-order valence-electron chi connectivity index (χ2n) is 4.87. The topological polar surface area (TPSA) is 55.2 Å². The summed E-state index contributed by atoms with van der Waals surface area (Å²) in [6.45, 7) is 3.90. The predicted molar refractivity (Wildman–Crippen MR) is 76.0 cm³/mol. The minimum atomic E-state index is -0.328. The highest BCUT2D eigenvalue weighted by molar-refractivity contribution is 9.10. The summed E-state index contributed by atoms with van der Waals surface area (Å²) in [6, 6.07) is 3.86. The summed E-state index contributed by atoms with van der Waals surface area (Å²) < 4.78 is 0.893. The number of nitrogens with zero attached hydrogens (tertiary/aromatic N) is 1. The van der Waals surface area contributed by atoms with Crippen molar-refractivity contribution in [2.45, 2.75) is 39.2 Å². The molecule has 1 fully saturated rings. The number of nitrogens with one attached hydrogen (secondary N) is 1. The normalized spacial score (nSPS) is 16.4. The molecule has 4 nitrogen and oxygen atoms in total. The molecular formula is C13H17BrN2O2. The molecule has 0 aromatic heterocycles. The summed E-state index contributed by atoms with van der Waals surface area (Å²) in [5.41, 5.74) is 1.68. The Morgan fingerprint density at radius 2 is 2.22 bits per heavy atom. The maximum atomic E-state index is 10.9. The van der Waals surface area contributed by atoms with Crippen molar-refractivity contribution in [2.75, 3.05) is 5.32 Å². The molecule has 5 heteroatoms. The Hall–Kier alpha value is -1.10. The molecule has 18 heavy (non-hydrogen) atoms. The second kappa shape index (κ2) is 5.26. The summed E-state index contributed by atoms with van der Waals surface area (Å²) >= 11 is 3.47. The third-order valence-electron chi connectivity index (χ3n) is 3.45. The van der Waals surface area contributed by atoms with E-state index in [1.54, 1.807) is 19.1 Å². The van der Waals surface area contributed by atoms with Crippen LogP contribution in [-0.2, 0) is 0 Å². The van der Waals surface area contributed by atoms with Crippen LogP contribution >= 0.6 is 15.9 Å². The highest BCUT2D eigenvalue weighted by Gasteiger charge is 2.30. The fourth-order valence-electron chi connectivity index (χ4n) is 2.22. The standard InChI is InChI=1S/C13H17BrN2O2/c1-3-11(9-4-5-9)15-12-7-13(16(17)18)8(2)6-10(12)14/h6-7,9,11,15H,3-5H2,1-2H3. The molecule has 1 aliphatic carbocycles. The van der Waals surface area contributed by atoms with E-state index in [-0.39, 0.29) is 10.6 Å². The zero-order valence-electron chi connectivity index (χ0n) is 10.6. The van der Waals surface area contributed by atoms with Gasteiger partial charge in [-0.05, 0) is 54.1 Å². The third-order valence-corrected chi connectivity index (χ3v) is 4.11. The van der Waals surface area contributed by atoms with Gasteiger partial charge in [0.05, 0.1) is 10.6 Å². The van der Waals surface area contributed by atoms with Crippen molar-refractivity contribution >= 4 is 27.3 Å². The largest absolute Gasteiger partial charge is 0.381 e. The molecule has 2 rings (SSSR count). The molecule has 0 bridgehead atoms. The Bertz CT molecular complexity index is 472. The van der Waals surface area contributed by atoms with Crippen molar-refractivity contribution in [1.29, 1.82) is 0 Å². The lowest BCUT2D eigenvalue weighted by Gasteiger charge is -2.19. The van der Waals surface area contributed by atoms with Crippen molar-refractivity contribution in [2.24, 2.45) is 5.92 Å². The van der Waals surface area contributed by atoms with Gasteiger partial charge in [-0.15, -0.1) is 0 Å². The van der Waals surface area contributed by atoms with Crippen LogP contribution in [0.25, 0.3) is 0 Å². The van der Waals surface area contributed by atoms with Gasteiger partial charge in [0.2, 0.25) is 0 Å². The summed E-state index contributed by atoms with van der Waals surface area (Å²) in [4.78, 5) is 10.6. The van der Waals surface area contributed by atoms with Crippen LogP contribution < -0.4 is 5.32 Å². The SMILES string of the molecule is CCC(Nc1cc([N+](=O)[O-])c(C)cc1Br)C1CC1. The number of benzene rings is 1. The zero-order chi connectivity index (χ0) is 13.3. The van der Waals surface area contributed by atoms with Gasteiger partial charge in [-0.2, -0.15) is 0 Å². The van der Waals surface area contributed by atoms with Crippen molar-refractivity contribution in [3.05, 3.63) is 32.3 Å². The number of hydrogen-bond donors (Lipinski definition) is 1. The van der Waals surface area contributed by atoms with Crippen LogP contribution in [0.4, 0.5) is 11.4 Å². The number of nitro groups is 1. The molecule has 1 atom stereocenters. The quantitative estimate of drug-likeness (QED) is 0.652. The highest BCUT2D eigenvalue weighted by Crippen LogP contribution is 2.38. The first-order valence-corrected chi connectivity index (χ1v) is 7.03. The van der Waals surface area contributed by atoms with Gasteiger partial charge < -0.3 is 5.32 Å². The summed E-state index contributed by atoms with van der Waals surface area (Å²) in [6.07, 6.45) is 3.56. The molecule has 0 saturated heterocycles. The van der Waals surface area contributed by atoms with Crippen LogP contribution in [0, 0.1) is 23.0 Å². The van der Waals surface area contributed by atoms with Crippen LogP contribution in [0.15, 0.2) is 16.6 Å². The molecule has 1 aliphatic rings. The molecule has 0 radical (unpaired) electrons. The molecule has 1 N–H and O–H groups in total. The maximum absolute atomic E-state index is 10.9. The number of hydrogen-bond acceptors (Lipinski definition) is 3. The van der Waals surface area contributed by atoms with Gasteiger partial charge in [0.1, 0.15) is 0 Å². The molecule has 0 heterocycles. The Morgan fingerprint density at radius 1 is 1.56 bits per heavy atom. The third kappa shape index (κ3) is 2.83. The summed E-state index contributed by atoms with van der Waals surface area (Å²) in [7, 11) is 0. The molecule has 0 amide bonds. The van der Waals surface area contributed by atoms with Crippen LogP contribution in [0.1, 0.15) is 31.7 Å². The maximum Gasteiger partial charge on any atom is 0.274 e. The van der Waals surface area contributed by atoms with Gasteiger partial charge in [0, 0.05) is 22.1 Å². The highest BCUT2D eigenvalue weighted by atomic mass is 79.9. The first-order valence-electron chi connectivity index (χ1n) is 6.24. The Kier molecular flexibility index (Phi) is 3.90. The van der Waals surface area contributed by atoms with Crippen molar-refractivity contribution in [1.82, 2.24) is 0 Å². The van der Waals surface area contributed by atoms with E-state index in [1.165, 1.54) is 12.8 Å². The molecular weight excluding hydrogens is 296 g/mol. The zero-order valence-corrected chi connectivity index (χ0v) is 12.2. The lowest BCUT2D eigenvalue weighted by Crippen LogP contribution is -2.21. The van der Waals surface area contributed by atoms with Crippen LogP contribution in [0.5, 0.6) is 0 Å². The molecule has 1 aromatic rings. The van der Waals surface area contributed by atoms with E-state index in [4.69, 9.17) is 0 Å². The van der Waals surface area contributed by atoms with Gasteiger partial charge in [-0.25, -0.2) is 0 Å². The fourth-order valence-corrected chi connectivity index (χ4v) is 2.79. The number of nitro benzene ring substituents is 1. The Balaban J connectivity index is 2.26. The van der Waals surface area contributed by atoms with E-state index in [0.29, 0.717) is 11.6 Å². The monoisotopic (exact) mass is 312 g/mol. The Morgan fingerprint density at radius 3 is 2.72 bits per heavy atom. The van der Waals surface area contributed by atoms with E-state index in [0.717, 1.165) is 22.5 Å². The van der Waals surface area contributed by atoms with Crippen LogP contribution in [-0.4, -0.2) is 11.0 Å². The van der Waals surface area contributed by atoms with E-state index in [1.807, 2.05) is 0 Å². The van der Waals surface area contributed by atoms with Crippen molar-refractivity contribution < 1.29 is 4.92 Å². The average Bonchev–Trinajstić information content (AvgIpc) is 3.11. The van der Waals surface area contributed by atoms with Gasteiger partial charge >= 0.3 is 0 Å². The minimum absolute atomic E-state index is 0.173. The molecule has 0 spiro atoms. The number of rotatable bonds is 5. The molecule has 98 valence electrons. The Labute approximate surface area is 115 Å². The van der Waals surface area contributed by atoms with Crippen LogP contribution in [0.2, 0.25) is 0 Å². The van der Waals surface area contributed by atoms with E-state index in [9.17, 15) is 10.1 Å². The molecule has 0 aliphatic heterocycles. The average molecular weight is 313 g/mol. The van der Waals surface area contributed by atoms with Gasteiger partial charge in [-0.1, -0.05) is 6.92 Å². The molecule has 1 aromatic carbocycles. The lowest BCUT2D eigenvalue weighted by molar-refractivity contribution is -0.385. The molecule has 1 unspecified atom stereocenters. The van der Waals surface area contributed by atoms with Crippen LogP contribution in [0.3, 0.4) is 0 Å².